The van der Waals surface area contributed by atoms with Gasteiger partial charge >= 0.3 is 0 Å². The minimum absolute atomic E-state index is 0.0158. The molecule has 1 aliphatic heterocycles. The zero-order valence-corrected chi connectivity index (χ0v) is 15.4. The zero-order valence-electron chi connectivity index (χ0n) is 15.4. The molecule has 2 amide bonds. The summed E-state index contributed by atoms with van der Waals surface area (Å²) in [6.07, 6.45) is 2.80. The molecule has 24 heavy (non-hydrogen) atoms. The smallest absolute Gasteiger partial charge is 0.245 e. The molecule has 1 aromatic carbocycles. The van der Waals surface area contributed by atoms with E-state index in [4.69, 9.17) is 0 Å². The van der Waals surface area contributed by atoms with Crippen LogP contribution in [0.3, 0.4) is 0 Å². The lowest BCUT2D eigenvalue weighted by molar-refractivity contribution is -0.140. The normalized spacial score (nSPS) is 20.7. The van der Waals surface area contributed by atoms with Crippen LogP contribution in [0.25, 0.3) is 0 Å². The molecular weight excluding hydrogens is 300 g/mol. The van der Waals surface area contributed by atoms with E-state index in [1.54, 1.807) is 4.90 Å². The van der Waals surface area contributed by atoms with Crippen molar-refractivity contribution in [2.45, 2.75) is 58.9 Å². The maximum absolute atomic E-state index is 12.7. The molecule has 1 atom stereocenters. The maximum atomic E-state index is 12.7. The van der Waals surface area contributed by atoms with Crippen molar-refractivity contribution >= 4 is 11.8 Å². The van der Waals surface area contributed by atoms with Crippen molar-refractivity contribution in [3.8, 4) is 0 Å². The van der Waals surface area contributed by atoms with Gasteiger partial charge in [-0.25, -0.2) is 0 Å². The van der Waals surface area contributed by atoms with Gasteiger partial charge in [-0.3, -0.25) is 9.59 Å². The summed E-state index contributed by atoms with van der Waals surface area (Å²) in [6, 6.07) is 8.35. The summed E-state index contributed by atoms with van der Waals surface area (Å²) in [5.74, 6) is 0.627. The van der Waals surface area contributed by atoms with Crippen molar-refractivity contribution in [3.63, 3.8) is 0 Å². The second-order valence-corrected chi connectivity index (χ2v) is 7.49. The largest absolute Gasteiger partial charge is 0.354 e. The average Bonchev–Trinajstić information content (AvgIpc) is 2.83. The Balaban J connectivity index is 1.98. The summed E-state index contributed by atoms with van der Waals surface area (Å²) in [5.41, 5.74) is 1.71. The van der Waals surface area contributed by atoms with Crippen LogP contribution >= 0.6 is 0 Å². The SMILES string of the molecule is Cc1ccc(CCN2C(=O)CC[C@@]2(C)C(=O)NCCC(C)C)cc1. The van der Waals surface area contributed by atoms with Crippen molar-refractivity contribution in [2.75, 3.05) is 13.1 Å². The van der Waals surface area contributed by atoms with E-state index in [2.05, 4.69) is 50.4 Å². The fraction of sp³-hybridized carbons (Fsp3) is 0.600. The van der Waals surface area contributed by atoms with Crippen LogP contribution in [0.1, 0.15) is 51.2 Å². The molecule has 4 heteroatoms. The molecule has 1 aromatic rings. The quantitative estimate of drug-likeness (QED) is 0.835. The number of amides is 2. The number of likely N-dealkylation sites (tertiary alicyclic amines) is 1. The summed E-state index contributed by atoms with van der Waals surface area (Å²) in [7, 11) is 0. The van der Waals surface area contributed by atoms with Crippen LogP contribution in [-0.4, -0.2) is 35.3 Å². The summed E-state index contributed by atoms with van der Waals surface area (Å²) in [5, 5.41) is 3.02. The molecule has 2 rings (SSSR count). The summed E-state index contributed by atoms with van der Waals surface area (Å²) in [6.45, 7) is 9.51. The molecular formula is C20H30N2O2. The van der Waals surface area contributed by atoms with Gasteiger partial charge in [0.25, 0.3) is 0 Å². The Bertz CT molecular complexity index is 580. The van der Waals surface area contributed by atoms with Gasteiger partial charge in [-0.05, 0) is 44.6 Å². The molecule has 132 valence electrons. The Morgan fingerprint density at radius 3 is 2.58 bits per heavy atom. The van der Waals surface area contributed by atoms with Crippen LogP contribution in [0.2, 0.25) is 0 Å². The molecule has 1 saturated heterocycles. The Kier molecular flexibility index (Phi) is 6.03. The fourth-order valence-electron chi connectivity index (χ4n) is 3.16. The van der Waals surface area contributed by atoms with Crippen LogP contribution in [0.4, 0.5) is 0 Å². The highest BCUT2D eigenvalue weighted by Crippen LogP contribution is 2.30. The fourth-order valence-corrected chi connectivity index (χ4v) is 3.16. The number of rotatable bonds is 7. The molecule has 1 fully saturated rings. The Morgan fingerprint density at radius 1 is 1.29 bits per heavy atom. The third-order valence-corrected chi connectivity index (χ3v) is 4.96. The summed E-state index contributed by atoms with van der Waals surface area (Å²) in [4.78, 5) is 26.7. The number of benzene rings is 1. The highest BCUT2D eigenvalue weighted by molar-refractivity contribution is 5.94. The lowest BCUT2D eigenvalue weighted by Gasteiger charge is -2.34. The maximum Gasteiger partial charge on any atom is 0.245 e. The van der Waals surface area contributed by atoms with Crippen molar-refractivity contribution < 1.29 is 9.59 Å². The van der Waals surface area contributed by atoms with Gasteiger partial charge in [0.15, 0.2) is 0 Å². The molecule has 0 spiro atoms. The molecule has 4 nitrogen and oxygen atoms in total. The number of nitrogens with zero attached hydrogens (tertiary/aromatic N) is 1. The standard InChI is InChI=1S/C20H30N2O2/c1-15(2)10-13-21-19(24)20(4)12-9-18(23)22(20)14-11-17-7-5-16(3)6-8-17/h5-8,15H,9-14H2,1-4H3,(H,21,24)/t20-/m0/s1. The number of carbonyl (C=O) groups excluding carboxylic acids is 2. The second kappa shape index (κ2) is 7.82. The predicted octanol–water partition coefficient (Wildman–Crippen LogP) is 3.08. The highest BCUT2D eigenvalue weighted by Gasteiger charge is 2.46. The molecule has 1 heterocycles. The van der Waals surface area contributed by atoms with E-state index in [0.717, 1.165) is 12.8 Å². The third-order valence-electron chi connectivity index (χ3n) is 4.96. The van der Waals surface area contributed by atoms with Crippen LogP contribution in [0.15, 0.2) is 24.3 Å². The first-order valence-electron chi connectivity index (χ1n) is 8.97. The van der Waals surface area contributed by atoms with Crippen molar-refractivity contribution in [3.05, 3.63) is 35.4 Å². The van der Waals surface area contributed by atoms with Gasteiger partial charge in [0.1, 0.15) is 5.54 Å². The van der Waals surface area contributed by atoms with E-state index in [1.165, 1.54) is 11.1 Å². The minimum atomic E-state index is -0.710. The first-order chi connectivity index (χ1) is 11.3. The molecule has 0 bridgehead atoms. The van der Waals surface area contributed by atoms with E-state index in [9.17, 15) is 9.59 Å². The minimum Gasteiger partial charge on any atom is -0.354 e. The van der Waals surface area contributed by atoms with Crippen LogP contribution in [-0.2, 0) is 16.0 Å². The average molecular weight is 330 g/mol. The van der Waals surface area contributed by atoms with Gasteiger partial charge in [-0.2, -0.15) is 0 Å². The lowest BCUT2D eigenvalue weighted by Crippen LogP contribution is -2.55. The number of hydrogen-bond acceptors (Lipinski definition) is 2. The van der Waals surface area contributed by atoms with Crippen LogP contribution in [0, 0.1) is 12.8 Å². The summed E-state index contributed by atoms with van der Waals surface area (Å²) >= 11 is 0. The molecule has 0 aliphatic carbocycles. The van der Waals surface area contributed by atoms with E-state index >= 15 is 0 Å². The van der Waals surface area contributed by atoms with E-state index in [0.29, 0.717) is 31.8 Å². The third kappa shape index (κ3) is 4.37. The first kappa shape index (κ1) is 18.5. The molecule has 0 saturated carbocycles. The zero-order chi connectivity index (χ0) is 17.7. The number of carbonyl (C=O) groups is 2. The first-order valence-corrected chi connectivity index (χ1v) is 8.97. The van der Waals surface area contributed by atoms with Gasteiger partial charge in [-0.15, -0.1) is 0 Å². The molecule has 0 aromatic heterocycles. The molecule has 1 aliphatic rings. The monoisotopic (exact) mass is 330 g/mol. The Labute approximate surface area is 145 Å². The topological polar surface area (TPSA) is 49.4 Å². The van der Waals surface area contributed by atoms with E-state index in [1.807, 2.05) is 6.92 Å². The second-order valence-electron chi connectivity index (χ2n) is 7.49. The van der Waals surface area contributed by atoms with Gasteiger partial charge in [0, 0.05) is 19.5 Å². The van der Waals surface area contributed by atoms with Crippen molar-refractivity contribution in [1.29, 1.82) is 0 Å². The van der Waals surface area contributed by atoms with Crippen molar-refractivity contribution in [2.24, 2.45) is 5.92 Å². The van der Waals surface area contributed by atoms with Crippen LogP contribution < -0.4 is 5.32 Å². The predicted molar refractivity (Wildman–Crippen MR) is 96.7 cm³/mol. The Morgan fingerprint density at radius 2 is 1.96 bits per heavy atom. The lowest BCUT2D eigenvalue weighted by atomic mass is 9.96. The molecule has 0 unspecified atom stereocenters. The number of aryl methyl sites for hydroxylation is 1. The van der Waals surface area contributed by atoms with Gasteiger partial charge in [-0.1, -0.05) is 43.7 Å². The van der Waals surface area contributed by atoms with E-state index < -0.39 is 5.54 Å². The van der Waals surface area contributed by atoms with Gasteiger partial charge in [0.2, 0.25) is 11.8 Å². The highest BCUT2D eigenvalue weighted by atomic mass is 16.2. The molecule has 1 N–H and O–H groups in total. The summed E-state index contributed by atoms with van der Waals surface area (Å²) < 4.78 is 0. The number of hydrogen-bond donors (Lipinski definition) is 1. The van der Waals surface area contributed by atoms with Gasteiger partial charge < -0.3 is 10.2 Å². The van der Waals surface area contributed by atoms with Crippen molar-refractivity contribution in [1.82, 2.24) is 10.2 Å². The van der Waals surface area contributed by atoms with E-state index in [-0.39, 0.29) is 11.8 Å². The Hall–Kier alpha value is -1.84. The number of nitrogens with one attached hydrogen (secondary N) is 1. The molecule has 0 radical (unpaired) electrons. The van der Waals surface area contributed by atoms with Gasteiger partial charge in [0.05, 0.1) is 0 Å². The van der Waals surface area contributed by atoms with Crippen LogP contribution in [0.5, 0.6) is 0 Å².